The molecule has 0 saturated carbocycles. The molecule has 2 amide bonds. The number of nitrogens with two attached hydrogens (primary N) is 1. The van der Waals surface area contributed by atoms with Gasteiger partial charge in [-0.1, -0.05) is 30.3 Å². The van der Waals surface area contributed by atoms with Crippen molar-refractivity contribution in [3.05, 3.63) is 84.4 Å². The van der Waals surface area contributed by atoms with Crippen LogP contribution in [0.5, 0.6) is 0 Å². The maximum absolute atomic E-state index is 12.2. The molecule has 2 aromatic carbocycles. The van der Waals surface area contributed by atoms with Crippen LogP contribution in [-0.2, 0) is 6.54 Å². The second kappa shape index (κ2) is 6.92. The zero-order chi connectivity index (χ0) is 18.8. The van der Waals surface area contributed by atoms with Crippen molar-refractivity contribution in [2.75, 3.05) is 4.90 Å². The summed E-state index contributed by atoms with van der Waals surface area (Å²) >= 11 is 0. The molecule has 0 aliphatic carbocycles. The molecule has 0 radical (unpaired) electrons. The van der Waals surface area contributed by atoms with Crippen LogP contribution in [0.2, 0.25) is 0 Å². The summed E-state index contributed by atoms with van der Waals surface area (Å²) in [6.07, 6.45) is 7.16. The number of benzene rings is 2. The Morgan fingerprint density at radius 2 is 1.96 bits per heavy atom. The predicted octanol–water partition coefficient (Wildman–Crippen LogP) is 3.81. The molecule has 0 aliphatic heterocycles. The first kappa shape index (κ1) is 16.8. The molecule has 0 fully saturated rings. The van der Waals surface area contributed by atoms with E-state index in [4.69, 9.17) is 5.73 Å². The lowest BCUT2D eigenvalue weighted by atomic mass is 10.1. The molecule has 0 aliphatic rings. The van der Waals surface area contributed by atoms with Gasteiger partial charge < -0.3 is 5.73 Å². The molecule has 6 nitrogen and oxygen atoms in total. The summed E-state index contributed by atoms with van der Waals surface area (Å²) < 4.78 is 1.82. The fraction of sp³-hybridized carbons (Fsp3) is 0.0952. The summed E-state index contributed by atoms with van der Waals surface area (Å²) in [5.41, 5.74) is 9.47. The predicted molar refractivity (Wildman–Crippen MR) is 106 cm³/mol. The van der Waals surface area contributed by atoms with Gasteiger partial charge in [0, 0.05) is 34.9 Å². The van der Waals surface area contributed by atoms with Crippen LogP contribution in [0.1, 0.15) is 11.1 Å². The minimum atomic E-state index is -0.511. The van der Waals surface area contributed by atoms with Crippen molar-refractivity contribution >= 4 is 22.5 Å². The fourth-order valence-corrected chi connectivity index (χ4v) is 3.20. The van der Waals surface area contributed by atoms with Crippen molar-refractivity contribution < 1.29 is 4.79 Å². The fourth-order valence-electron chi connectivity index (χ4n) is 3.20. The Hall–Kier alpha value is -3.67. The van der Waals surface area contributed by atoms with E-state index in [1.807, 2.05) is 66.3 Å². The summed E-state index contributed by atoms with van der Waals surface area (Å²) in [6, 6.07) is 15.1. The van der Waals surface area contributed by atoms with Crippen LogP contribution < -0.4 is 10.6 Å². The van der Waals surface area contributed by atoms with Crippen molar-refractivity contribution in [1.82, 2.24) is 14.8 Å². The average Bonchev–Trinajstić information content (AvgIpc) is 3.14. The Morgan fingerprint density at radius 1 is 1.11 bits per heavy atom. The SMILES string of the molecule is Cc1ccccc1-n1cc(CN(C(N)=O)c2cccc3cnccc23)cn1. The van der Waals surface area contributed by atoms with Gasteiger partial charge in [-0.25, -0.2) is 9.48 Å². The van der Waals surface area contributed by atoms with Gasteiger partial charge in [-0.15, -0.1) is 0 Å². The first-order valence-electron chi connectivity index (χ1n) is 8.63. The van der Waals surface area contributed by atoms with Gasteiger partial charge in [-0.05, 0) is 30.7 Å². The molecular weight excluding hydrogens is 338 g/mol. The van der Waals surface area contributed by atoms with Gasteiger partial charge in [0.15, 0.2) is 0 Å². The third kappa shape index (κ3) is 3.25. The number of carbonyl (C=O) groups is 1. The first-order valence-corrected chi connectivity index (χ1v) is 8.63. The molecule has 4 rings (SSSR count). The van der Waals surface area contributed by atoms with E-state index in [0.29, 0.717) is 6.54 Å². The van der Waals surface area contributed by atoms with Crippen LogP contribution >= 0.6 is 0 Å². The normalized spacial score (nSPS) is 10.9. The number of fused-ring (bicyclic) bond motifs is 1. The first-order chi connectivity index (χ1) is 13.1. The van der Waals surface area contributed by atoms with Crippen LogP contribution in [0.4, 0.5) is 10.5 Å². The maximum atomic E-state index is 12.2. The summed E-state index contributed by atoms with van der Waals surface area (Å²) in [4.78, 5) is 17.9. The summed E-state index contributed by atoms with van der Waals surface area (Å²) in [5, 5.41) is 6.33. The van der Waals surface area contributed by atoms with E-state index in [2.05, 4.69) is 10.1 Å². The van der Waals surface area contributed by atoms with Gasteiger partial charge in [-0.3, -0.25) is 9.88 Å². The smallest absolute Gasteiger partial charge is 0.319 e. The van der Waals surface area contributed by atoms with Crippen molar-refractivity contribution in [3.8, 4) is 5.69 Å². The number of urea groups is 1. The standard InChI is InChI=1S/C21H19N5O/c1-15-5-2-3-7-19(15)26-14-16(11-24-26)13-25(21(22)27)20-8-4-6-17-12-23-10-9-18(17)20/h2-12,14H,13H2,1H3,(H2,22,27). The Morgan fingerprint density at radius 3 is 2.78 bits per heavy atom. The lowest BCUT2D eigenvalue weighted by molar-refractivity contribution is 0.253. The number of nitrogens with zero attached hydrogens (tertiary/aromatic N) is 4. The zero-order valence-electron chi connectivity index (χ0n) is 14.9. The topological polar surface area (TPSA) is 77.0 Å². The number of aryl methyl sites for hydroxylation is 1. The second-order valence-electron chi connectivity index (χ2n) is 6.38. The minimum Gasteiger partial charge on any atom is -0.351 e. The molecular formula is C21H19N5O. The quantitative estimate of drug-likeness (QED) is 0.603. The van der Waals surface area contributed by atoms with Crippen LogP contribution in [0.3, 0.4) is 0 Å². The maximum Gasteiger partial charge on any atom is 0.319 e. The number of hydrogen-bond acceptors (Lipinski definition) is 3. The largest absolute Gasteiger partial charge is 0.351 e. The highest BCUT2D eigenvalue weighted by Gasteiger charge is 2.17. The monoisotopic (exact) mass is 357 g/mol. The minimum absolute atomic E-state index is 0.336. The number of rotatable bonds is 4. The number of aromatic nitrogens is 3. The van der Waals surface area contributed by atoms with E-state index >= 15 is 0 Å². The summed E-state index contributed by atoms with van der Waals surface area (Å²) in [5.74, 6) is 0. The molecule has 6 heteroatoms. The number of carbonyl (C=O) groups excluding carboxylic acids is 1. The number of primary amides is 1. The van der Waals surface area contributed by atoms with Gasteiger partial charge in [0.05, 0.1) is 24.1 Å². The Labute approximate surface area is 156 Å². The third-order valence-corrected chi connectivity index (χ3v) is 4.55. The Kier molecular flexibility index (Phi) is 4.30. The van der Waals surface area contributed by atoms with Gasteiger partial charge in [0.2, 0.25) is 0 Å². The van der Waals surface area contributed by atoms with Crippen LogP contribution in [0, 0.1) is 6.92 Å². The summed E-state index contributed by atoms with van der Waals surface area (Å²) in [7, 11) is 0. The number of pyridine rings is 1. The number of hydrogen-bond donors (Lipinski definition) is 1. The molecule has 2 heterocycles. The highest BCUT2D eigenvalue weighted by molar-refractivity contribution is 6.02. The van der Waals surface area contributed by atoms with Gasteiger partial charge in [0.1, 0.15) is 0 Å². The van der Waals surface area contributed by atoms with E-state index in [-0.39, 0.29) is 0 Å². The molecule has 27 heavy (non-hydrogen) atoms. The highest BCUT2D eigenvalue weighted by Crippen LogP contribution is 2.27. The van der Waals surface area contributed by atoms with Gasteiger partial charge in [0.25, 0.3) is 0 Å². The van der Waals surface area contributed by atoms with Gasteiger partial charge >= 0.3 is 6.03 Å². The van der Waals surface area contributed by atoms with E-state index in [1.165, 1.54) is 0 Å². The summed E-state index contributed by atoms with van der Waals surface area (Å²) in [6.45, 7) is 2.37. The lowest BCUT2D eigenvalue weighted by Gasteiger charge is -2.21. The lowest BCUT2D eigenvalue weighted by Crippen LogP contribution is -2.35. The van der Waals surface area contributed by atoms with E-state index in [9.17, 15) is 4.79 Å². The van der Waals surface area contributed by atoms with Crippen molar-refractivity contribution in [2.45, 2.75) is 13.5 Å². The second-order valence-corrected chi connectivity index (χ2v) is 6.38. The van der Waals surface area contributed by atoms with E-state index in [1.54, 1.807) is 23.5 Å². The zero-order valence-corrected chi connectivity index (χ0v) is 14.9. The Balaban J connectivity index is 1.69. The Bertz CT molecular complexity index is 1110. The molecule has 0 atom stereocenters. The molecule has 4 aromatic rings. The number of amides is 2. The highest BCUT2D eigenvalue weighted by atomic mass is 16.2. The molecule has 2 N–H and O–H groups in total. The van der Waals surface area contributed by atoms with E-state index in [0.717, 1.165) is 33.3 Å². The van der Waals surface area contributed by atoms with Crippen LogP contribution in [0.25, 0.3) is 16.5 Å². The molecule has 0 unspecified atom stereocenters. The molecule has 0 bridgehead atoms. The van der Waals surface area contributed by atoms with Crippen molar-refractivity contribution in [1.29, 1.82) is 0 Å². The van der Waals surface area contributed by atoms with Gasteiger partial charge in [-0.2, -0.15) is 5.10 Å². The third-order valence-electron chi connectivity index (χ3n) is 4.55. The van der Waals surface area contributed by atoms with Crippen LogP contribution in [0.15, 0.2) is 73.3 Å². The van der Waals surface area contributed by atoms with Crippen molar-refractivity contribution in [2.24, 2.45) is 5.73 Å². The average molecular weight is 357 g/mol. The number of anilines is 1. The van der Waals surface area contributed by atoms with Crippen molar-refractivity contribution in [3.63, 3.8) is 0 Å². The number of para-hydroxylation sites is 1. The molecule has 0 saturated heterocycles. The molecule has 0 spiro atoms. The van der Waals surface area contributed by atoms with Crippen LogP contribution in [-0.4, -0.2) is 20.8 Å². The molecule has 2 aromatic heterocycles. The van der Waals surface area contributed by atoms with E-state index < -0.39 is 6.03 Å². The molecule has 134 valence electrons.